The van der Waals surface area contributed by atoms with E-state index in [1.807, 2.05) is 12.1 Å². The predicted octanol–water partition coefficient (Wildman–Crippen LogP) is 3.62. The lowest BCUT2D eigenvalue weighted by atomic mass is 10.1. The Labute approximate surface area is 126 Å². The molecule has 1 unspecified atom stereocenters. The lowest BCUT2D eigenvalue weighted by molar-refractivity contribution is -0.103. The molecule has 0 aromatic heterocycles. The molecule has 1 fully saturated rings. The summed E-state index contributed by atoms with van der Waals surface area (Å²) in [5, 5.41) is 0. The summed E-state index contributed by atoms with van der Waals surface area (Å²) in [6.45, 7) is 2.80. The van der Waals surface area contributed by atoms with Gasteiger partial charge in [-0.15, -0.1) is 0 Å². The summed E-state index contributed by atoms with van der Waals surface area (Å²) < 4.78 is 11.2. The van der Waals surface area contributed by atoms with E-state index >= 15 is 0 Å². The van der Waals surface area contributed by atoms with Crippen molar-refractivity contribution in [2.45, 2.75) is 19.2 Å². The van der Waals surface area contributed by atoms with Crippen molar-refractivity contribution in [1.29, 1.82) is 0 Å². The molecule has 0 spiro atoms. The standard InChI is InChI=1S/C18H21NO2/c1-20-17-10-8-16(9-11-17)18-19(12-5-13-21-18)14-15-6-3-2-4-7-15/h2-4,6-11,18H,5,12-14H2,1H3. The third-order valence-corrected chi connectivity index (χ3v) is 3.83. The van der Waals surface area contributed by atoms with Crippen LogP contribution in [-0.2, 0) is 11.3 Å². The van der Waals surface area contributed by atoms with Gasteiger partial charge in [0.2, 0.25) is 0 Å². The molecular formula is C18H21NO2. The molecule has 3 heteroatoms. The van der Waals surface area contributed by atoms with Gasteiger partial charge in [0.1, 0.15) is 12.0 Å². The molecule has 0 aliphatic carbocycles. The maximum Gasteiger partial charge on any atom is 0.137 e. The summed E-state index contributed by atoms with van der Waals surface area (Å²) >= 11 is 0. The Bertz CT molecular complexity index is 553. The van der Waals surface area contributed by atoms with E-state index in [2.05, 4.69) is 47.4 Å². The summed E-state index contributed by atoms with van der Waals surface area (Å²) in [6.07, 6.45) is 1.12. The third-order valence-electron chi connectivity index (χ3n) is 3.83. The second-order valence-electron chi connectivity index (χ2n) is 5.31. The molecule has 1 saturated heterocycles. The van der Waals surface area contributed by atoms with Crippen LogP contribution in [0.5, 0.6) is 5.75 Å². The molecule has 0 radical (unpaired) electrons. The Hall–Kier alpha value is -1.84. The summed E-state index contributed by atoms with van der Waals surface area (Å²) in [5.41, 5.74) is 2.51. The van der Waals surface area contributed by atoms with Crippen LogP contribution in [0.1, 0.15) is 23.8 Å². The van der Waals surface area contributed by atoms with E-state index in [1.54, 1.807) is 7.11 Å². The lowest BCUT2D eigenvalue weighted by Gasteiger charge is -2.36. The second kappa shape index (κ2) is 6.74. The average Bonchev–Trinajstić information content (AvgIpc) is 2.56. The Balaban J connectivity index is 1.77. The topological polar surface area (TPSA) is 21.7 Å². The van der Waals surface area contributed by atoms with Crippen LogP contribution in [0.15, 0.2) is 54.6 Å². The molecule has 0 amide bonds. The van der Waals surface area contributed by atoms with Crippen LogP contribution < -0.4 is 4.74 Å². The van der Waals surface area contributed by atoms with E-state index in [4.69, 9.17) is 9.47 Å². The highest BCUT2D eigenvalue weighted by Crippen LogP contribution is 2.29. The number of nitrogens with zero attached hydrogens (tertiary/aromatic N) is 1. The first-order valence-corrected chi connectivity index (χ1v) is 7.40. The Morgan fingerprint density at radius 1 is 1.10 bits per heavy atom. The number of hydrogen-bond donors (Lipinski definition) is 0. The highest BCUT2D eigenvalue weighted by molar-refractivity contribution is 5.28. The van der Waals surface area contributed by atoms with Gasteiger partial charge < -0.3 is 9.47 Å². The molecule has 1 atom stereocenters. The fourth-order valence-corrected chi connectivity index (χ4v) is 2.74. The first kappa shape index (κ1) is 14.1. The van der Waals surface area contributed by atoms with Crippen molar-refractivity contribution in [1.82, 2.24) is 4.90 Å². The summed E-state index contributed by atoms with van der Waals surface area (Å²) in [5.74, 6) is 0.879. The van der Waals surface area contributed by atoms with Crippen molar-refractivity contribution in [2.75, 3.05) is 20.3 Å². The van der Waals surface area contributed by atoms with Gasteiger partial charge in [-0.2, -0.15) is 0 Å². The zero-order valence-corrected chi connectivity index (χ0v) is 12.4. The number of hydrogen-bond acceptors (Lipinski definition) is 3. The third kappa shape index (κ3) is 3.43. The van der Waals surface area contributed by atoms with E-state index in [-0.39, 0.29) is 6.23 Å². The summed E-state index contributed by atoms with van der Waals surface area (Å²) in [6, 6.07) is 18.7. The Kier molecular flexibility index (Phi) is 4.53. The van der Waals surface area contributed by atoms with Crippen molar-refractivity contribution >= 4 is 0 Å². The normalized spacial score (nSPS) is 19.4. The minimum atomic E-state index is 0.0323. The van der Waals surface area contributed by atoms with Gasteiger partial charge in [0.05, 0.1) is 13.7 Å². The van der Waals surface area contributed by atoms with Gasteiger partial charge in [-0.05, 0) is 29.7 Å². The molecule has 1 heterocycles. The lowest BCUT2D eigenvalue weighted by Crippen LogP contribution is -2.36. The number of benzene rings is 2. The van der Waals surface area contributed by atoms with Crippen LogP contribution in [0.4, 0.5) is 0 Å². The molecule has 0 N–H and O–H groups in total. The first-order valence-electron chi connectivity index (χ1n) is 7.40. The van der Waals surface area contributed by atoms with Crippen molar-refractivity contribution in [2.24, 2.45) is 0 Å². The summed E-state index contributed by atoms with van der Waals surface area (Å²) in [7, 11) is 1.69. The van der Waals surface area contributed by atoms with Crippen molar-refractivity contribution in [3.05, 3.63) is 65.7 Å². The molecular weight excluding hydrogens is 262 g/mol. The van der Waals surface area contributed by atoms with Gasteiger partial charge in [0.15, 0.2) is 0 Å². The number of rotatable bonds is 4. The minimum absolute atomic E-state index is 0.0323. The quantitative estimate of drug-likeness (QED) is 0.855. The van der Waals surface area contributed by atoms with Crippen LogP contribution >= 0.6 is 0 Å². The first-order chi connectivity index (χ1) is 10.4. The van der Waals surface area contributed by atoms with E-state index in [0.29, 0.717) is 0 Å². The van der Waals surface area contributed by atoms with Crippen LogP contribution in [0, 0.1) is 0 Å². The average molecular weight is 283 g/mol. The minimum Gasteiger partial charge on any atom is -0.497 e. The summed E-state index contributed by atoms with van der Waals surface area (Å²) in [4.78, 5) is 2.39. The molecule has 21 heavy (non-hydrogen) atoms. The van der Waals surface area contributed by atoms with Crippen molar-refractivity contribution < 1.29 is 9.47 Å². The highest BCUT2D eigenvalue weighted by Gasteiger charge is 2.24. The molecule has 2 aromatic carbocycles. The highest BCUT2D eigenvalue weighted by atomic mass is 16.5. The maximum absolute atomic E-state index is 6.01. The number of methoxy groups -OCH3 is 1. The van der Waals surface area contributed by atoms with Crippen LogP contribution in [0.3, 0.4) is 0 Å². The van der Waals surface area contributed by atoms with E-state index < -0.39 is 0 Å². The van der Waals surface area contributed by atoms with Gasteiger partial charge in [-0.25, -0.2) is 0 Å². The SMILES string of the molecule is COc1ccc(C2OCCCN2Cc2ccccc2)cc1. The molecule has 0 bridgehead atoms. The zero-order valence-electron chi connectivity index (χ0n) is 12.4. The van der Waals surface area contributed by atoms with Gasteiger partial charge in [-0.1, -0.05) is 42.5 Å². The number of ether oxygens (including phenoxy) is 2. The van der Waals surface area contributed by atoms with Crippen LogP contribution in [0.25, 0.3) is 0 Å². The maximum atomic E-state index is 6.01. The Morgan fingerprint density at radius 2 is 1.86 bits per heavy atom. The molecule has 2 aromatic rings. The molecule has 0 saturated carbocycles. The smallest absolute Gasteiger partial charge is 0.137 e. The predicted molar refractivity (Wildman–Crippen MR) is 83.2 cm³/mol. The molecule has 1 aliphatic rings. The van der Waals surface area contributed by atoms with Gasteiger partial charge in [0, 0.05) is 13.1 Å². The Morgan fingerprint density at radius 3 is 2.57 bits per heavy atom. The van der Waals surface area contributed by atoms with Crippen molar-refractivity contribution in [3.63, 3.8) is 0 Å². The van der Waals surface area contributed by atoms with Crippen LogP contribution in [0.2, 0.25) is 0 Å². The zero-order chi connectivity index (χ0) is 14.5. The monoisotopic (exact) mass is 283 g/mol. The molecule has 3 rings (SSSR count). The molecule has 110 valence electrons. The fourth-order valence-electron chi connectivity index (χ4n) is 2.74. The van der Waals surface area contributed by atoms with Gasteiger partial charge in [-0.3, -0.25) is 4.90 Å². The van der Waals surface area contributed by atoms with E-state index in [0.717, 1.165) is 31.9 Å². The van der Waals surface area contributed by atoms with Crippen LogP contribution in [-0.4, -0.2) is 25.2 Å². The van der Waals surface area contributed by atoms with E-state index in [9.17, 15) is 0 Å². The second-order valence-corrected chi connectivity index (χ2v) is 5.31. The van der Waals surface area contributed by atoms with E-state index in [1.165, 1.54) is 11.1 Å². The molecule has 3 nitrogen and oxygen atoms in total. The fraction of sp³-hybridized carbons (Fsp3) is 0.333. The molecule has 1 aliphatic heterocycles. The largest absolute Gasteiger partial charge is 0.497 e. The van der Waals surface area contributed by atoms with Crippen molar-refractivity contribution in [3.8, 4) is 5.75 Å². The van der Waals surface area contributed by atoms with Gasteiger partial charge in [0.25, 0.3) is 0 Å². The van der Waals surface area contributed by atoms with Gasteiger partial charge >= 0.3 is 0 Å².